The molecule has 108 valence electrons. The fraction of sp³-hybridized carbons (Fsp3) is 0.444. The van der Waals surface area contributed by atoms with Crippen LogP contribution in [-0.2, 0) is 10.0 Å². The van der Waals surface area contributed by atoms with Crippen LogP contribution in [0, 0.1) is 0 Å². The van der Waals surface area contributed by atoms with Crippen LogP contribution >= 0.6 is 23.6 Å². The van der Waals surface area contributed by atoms with Gasteiger partial charge in [-0.1, -0.05) is 19.1 Å². The summed E-state index contributed by atoms with van der Waals surface area (Å²) >= 11 is 5.43. The van der Waals surface area contributed by atoms with Gasteiger partial charge in [0, 0.05) is 6.54 Å². The molecule has 0 radical (unpaired) electrons. The first kappa shape index (κ1) is 16.3. The predicted octanol–water partition coefficient (Wildman–Crippen LogP) is 1.96. The largest absolute Gasteiger partial charge is 0.402 e. The molecule has 0 aliphatic rings. The summed E-state index contributed by atoms with van der Waals surface area (Å²) in [5.74, 6) is 0. The fourth-order valence-corrected chi connectivity index (χ4v) is 4.23. The zero-order valence-electron chi connectivity index (χ0n) is 9.77. The monoisotopic (exact) mass is 332 g/mol. The van der Waals surface area contributed by atoms with Gasteiger partial charge in [-0.05, 0) is 12.1 Å². The van der Waals surface area contributed by atoms with Gasteiger partial charge in [-0.2, -0.15) is 17.5 Å². The van der Waals surface area contributed by atoms with Crippen molar-refractivity contribution >= 4 is 38.6 Å². The predicted molar refractivity (Wildman–Crippen MR) is 70.7 cm³/mol. The van der Waals surface area contributed by atoms with Crippen LogP contribution < -0.4 is 5.73 Å². The molecule has 1 aromatic rings. The van der Waals surface area contributed by atoms with Gasteiger partial charge in [0.05, 0.1) is 4.88 Å². The third-order valence-corrected chi connectivity index (χ3v) is 5.98. The van der Waals surface area contributed by atoms with Gasteiger partial charge < -0.3 is 5.73 Å². The molecular weight excluding hydrogens is 321 g/mol. The lowest BCUT2D eigenvalue weighted by Crippen LogP contribution is -2.38. The summed E-state index contributed by atoms with van der Waals surface area (Å²) in [6.45, 7) is -0.459. The number of hydrogen-bond acceptors (Lipinski definition) is 4. The molecule has 1 heterocycles. The van der Waals surface area contributed by atoms with Crippen LogP contribution in [-0.4, -0.2) is 37.0 Å². The van der Waals surface area contributed by atoms with E-state index in [2.05, 4.69) is 12.2 Å². The van der Waals surface area contributed by atoms with E-state index >= 15 is 0 Å². The fourth-order valence-electron chi connectivity index (χ4n) is 1.29. The number of sulfonamides is 1. The minimum atomic E-state index is -4.59. The Labute approximate surface area is 118 Å². The Bertz CT molecular complexity index is 566. The van der Waals surface area contributed by atoms with Crippen LogP contribution in [0.1, 0.15) is 11.8 Å². The molecule has 1 rings (SSSR count). The zero-order chi connectivity index (χ0) is 14.8. The van der Waals surface area contributed by atoms with Gasteiger partial charge in [0.15, 0.2) is 0 Å². The van der Waals surface area contributed by atoms with Crippen molar-refractivity contribution in [1.82, 2.24) is 4.31 Å². The lowest BCUT2D eigenvalue weighted by Gasteiger charge is -2.20. The van der Waals surface area contributed by atoms with Gasteiger partial charge in [-0.15, -0.1) is 11.3 Å². The Morgan fingerprint density at radius 2 is 2.05 bits per heavy atom. The standard InChI is InChI=1S/C9H11F3N2O2S3/c1-2-14(5-9(10,11)12)19(15,16)7-4-3-6(18-7)8(13)17/h3-4H,2,5H2,1H3,(H2,13,17). The third-order valence-electron chi connectivity index (χ3n) is 2.13. The molecule has 0 saturated heterocycles. The van der Waals surface area contributed by atoms with Crippen molar-refractivity contribution in [3.63, 3.8) is 0 Å². The molecule has 0 aliphatic carbocycles. The van der Waals surface area contributed by atoms with Gasteiger partial charge in [0.1, 0.15) is 15.7 Å². The highest BCUT2D eigenvalue weighted by molar-refractivity contribution is 7.91. The molecular formula is C9H11F3N2O2S3. The highest BCUT2D eigenvalue weighted by Crippen LogP contribution is 2.27. The molecule has 0 aliphatic heterocycles. The molecule has 0 aromatic carbocycles. The van der Waals surface area contributed by atoms with Gasteiger partial charge in [-0.25, -0.2) is 8.42 Å². The molecule has 10 heteroatoms. The van der Waals surface area contributed by atoms with E-state index in [9.17, 15) is 21.6 Å². The molecule has 2 N–H and O–H groups in total. The van der Waals surface area contributed by atoms with Crippen molar-refractivity contribution in [3.05, 3.63) is 17.0 Å². The quantitative estimate of drug-likeness (QED) is 0.837. The number of thiocarbonyl (C=S) groups is 1. The molecule has 0 bridgehead atoms. The Balaban J connectivity index is 3.10. The van der Waals surface area contributed by atoms with Crippen molar-refractivity contribution in [1.29, 1.82) is 0 Å². The first-order valence-corrected chi connectivity index (χ1v) is 7.71. The van der Waals surface area contributed by atoms with Crippen molar-refractivity contribution in [3.8, 4) is 0 Å². The molecule has 0 fully saturated rings. The van der Waals surface area contributed by atoms with Crippen LogP contribution in [0.5, 0.6) is 0 Å². The van der Waals surface area contributed by atoms with E-state index in [4.69, 9.17) is 5.73 Å². The van der Waals surface area contributed by atoms with Crippen LogP contribution in [0.4, 0.5) is 13.2 Å². The second-order valence-corrected chi connectivity index (χ2v) is 7.22. The molecule has 19 heavy (non-hydrogen) atoms. The maximum absolute atomic E-state index is 12.3. The summed E-state index contributed by atoms with van der Waals surface area (Å²) < 4.78 is 61.2. The summed E-state index contributed by atoms with van der Waals surface area (Å²) in [6.07, 6.45) is -4.59. The minimum Gasteiger partial charge on any atom is -0.389 e. The Morgan fingerprint density at radius 3 is 2.42 bits per heavy atom. The summed E-state index contributed by atoms with van der Waals surface area (Å²) in [7, 11) is -4.18. The summed E-state index contributed by atoms with van der Waals surface area (Å²) in [5, 5.41) is 0. The van der Waals surface area contributed by atoms with E-state index in [0.29, 0.717) is 9.18 Å². The molecule has 0 spiro atoms. The normalized spacial score (nSPS) is 12.9. The average molecular weight is 332 g/mol. The van der Waals surface area contributed by atoms with Crippen molar-refractivity contribution in [2.45, 2.75) is 17.3 Å². The van der Waals surface area contributed by atoms with E-state index in [1.165, 1.54) is 19.1 Å². The third kappa shape index (κ3) is 4.13. The van der Waals surface area contributed by atoms with E-state index in [0.717, 1.165) is 11.3 Å². The molecule has 0 unspecified atom stereocenters. The maximum Gasteiger partial charge on any atom is 0.402 e. The second kappa shape index (κ2) is 5.73. The molecule has 0 amide bonds. The van der Waals surface area contributed by atoms with Crippen LogP contribution in [0.2, 0.25) is 0 Å². The van der Waals surface area contributed by atoms with Gasteiger partial charge in [-0.3, -0.25) is 0 Å². The SMILES string of the molecule is CCN(CC(F)(F)F)S(=O)(=O)c1ccc(C(N)=S)s1. The highest BCUT2D eigenvalue weighted by atomic mass is 32.2. The number of thiophene rings is 1. The molecule has 1 aromatic heterocycles. The van der Waals surface area contributed by atoms with E-state index in [1.807, 2.05) is 0 Å². The topological polar surface area (TPSA) is 63.4 Å². The molecule has 0 saturated carbocycles. The highest BCUT2D eigenvalue weighted by Gasteiger charge is 2.36. The lowest BCUT2D eigenvalue weighted by atomic mass is 10.5. The number of nitrogens with zero attached hydrogens (tertiary/aromatic N) is 1. The molecule has 4 nitrogen and oxygen atoms in total. The van der Waals surface area contributed by atoms with E-state index in [-0.39, 0.29) is 15.7 Å². The summed E-state index contributed by atoms with van der Waals surface area (Å²) in [5.41, 5.74) is 5.33. The Kier molecular flexibility index (Phi) is 4.93. The lowest BCUT2D eigenvalue weighted by molar-refractivity contribution is -0.135. The first-order valence-electron chi connectivity index (χ1n) is 5.04. The van der Waals surface area contributed by atoms with E-state index < -0.39 is 22.7 Å². The number of hydrogen-bond donors (Lipinski definition) is 1. The van der Waals surface area contributed by atoms with Crippen molar-refractivity contribution in [2.75, 3.05) is 13.1 Å². The smallest absolute Gasteiger partial charge is 0.389 e. The van der Waals surface area contributed by atoms with E-state index in [1.54, 1.807) is 0 Å². The zero-order valence-corrected chi connectivity index (χ0v) is 12.2. The number of rotatable bonds is 5. The average Bonchev–Trinajstić information content (AvgIpc) is 2.74. The van der Waals surface area contributed by atoms with Gasteiger partial charge >= 0.3 is 6.18 Å². The first-order chi connectivity index (χ1) is 8.58. The van der Waals surface area contributed by atoms with Crippen molar-refractivity contribution in [2.24, 2.45) is 5.73 Å². The summed E-state index contributed by atoms with van der Waals surface area (Å²) in [6, 6.07) is 2.58. The van der Waals surface area contributed by atoms with Crippen LogP contribution in [0.3, 0.4) is 0 Å². The van der Waals surface area contributed by atoms with Gasteiger partial charge in [0.2, 0.25) is 0 Å². The second-order valence-electron chi connectivity index (χ2n) is 3.53. The minimum absolute atomic E-state index is 0.00493. The summed E-state index contributed by atoms with van der Waals surface area (Å²) in [4.78, 5) is 0.349. The van der Waals surface area contributed by atoms with Crippen LogP contribution in [0.15, 0.2) is 16.3 Å². The van der Waals surface area contributed by atoms with Crippen molar-refractivity contribution < 1.29 is 21.6 Å². The number of nitrogens with two attached hydrogens (primary N) is 1. The van der Waals surface area contributed by atoms with Crippen LogP contribution in [0.25, 0.3) is 0 Å². The number of halogens is 3. The Morgan fingerprint density at radius 1 is 1.47 bits per heavy atom. The Hall–Kier alpha value is -0.710. The van der Waals surface area contributed by atoms with Gasteiger partial charge in [0.25, 0.3) is 10.0 Å². The molecule has 0 atom stereocenters. The maximum atomic E-state index is 12.3. The number of alkyl halides is 3.